The molecule has 2 heterocycles. The molecule has 2 aliphatic carbocycles. The molecule has 14 nitrogen and oxygen atoms in total. The Morgan fingerprint density at radius 3 is 2.39 bits per heavy atom. The number of aromatic nitrogens is 1. The van der Waals surface area contributed by atoms with Crippen LogP contribution in [-0.2, 0) is 29.1 Å². The van der Waals surface area contributed by atoms with Crippen LogP contribution < -0.4 is 24.8 Å². The largest absolute Gasteiger partial charge is 0.494 e. The van der Waals surface area contributed by atoms with Gasteiger partial charge in [-0.3, -0.25) is 29.3 Å². The van der Waals surface area contributed by atoms with Crippen LogP contribution >= 0.6 is 11.6 Å². The number of pyridine rings is 1. The van der Waals surface area contributed by atoms with E-state index < -0.39 is 79.6 Å². The van der Waals surface area contributed by atoms with E-state index >= 15 is 0 Å². The summed E-state index contributed by atoms with van der Waals surface area (Å²) in [6, 6.07) is 9.64. The summed E-state index contributed by atoms with van der Waals surface area (Å²) >= 11 is 6.36. The number of benzene rings is 2. The number of rotatable bonds is 13. The maximum atomic E-state index is 14.4. The van der Waals surface area contributed by atoms with Gasteiger partial charge in [0.05, 0.1) is 30.2 Å². The third kappa shape index (κ3) is 9.05. The molecule has 3 aromatic rings. The Morgan fingerprint density at radius 1 is 1.05 bits per heavy atom. The van der Waals surface area contributed by atoms with Crippen molar-refractivity contribution in [3.8, 4) is 11.6 Å². The molecule has 57 heavy (non-hydrogen) atoms. The van der Waals surface area contributed by atoms with E-state index in [1.54, 1.807) is 74.2 Å². The summed E-state index contributed by atoms with van der Waals surface area (Å²) in [6.07, 6.45) is 3.48. The van der Waals surface area contributed by atoms with E-state index in [9.17, 15) is 27.6 Å². The Kier molecular flexibility index (Phi) is 11.4. The summed E-state index contributed by atoms with van der Waals surface area (Å²) < 4.78 is 45.8. The number of esters is 1. The van der Waals surface area contributed by atoms with Gasteiger partial charge in [-0.25, -0.2) is 18.2 Å². The van der Waals surface area contributed by atoms with Gasteiger partial charge >= 0.3 is 5.97 Å². The molecule has 1 aromatic heterocycles. The number of carbonyl (C=O) groups is 4. The number of fused-ring (bicyclic) bond motifs is 1. The van der Waals surface area contributed by atoms with Crippen molar-refractivity contribution < 1.29 is 41.8 Å². The van der Waals surface area contributed by atoms with Crippen molar-refractivity contribution >= 4 is 61.8 Å². The minimum Gasteiger partial charge on any atom is -0.494 e. The average molecular weight is 824 g/mol. The highest BCUT2D eigenvalue weighted by molar-refractivity contribution is 7.91. The predicted molar refractivity (Wildman–Crippen MR) is 216 cm³/mol. The lowest BCUT2D eigenvalue weighted by Crippen LogP contribution is -2.59. The molecule has 2 saturated carbocycles. The highest BCUT2D eigenvalue weighted by Gasteiger charge is 2.67. The molecule has 0 radical (unpaired) electrons. The number of anilines is 1. The summed E-state index contributed by atoms with van der Waals surface area (Å²) in [4.78, 5) is 61.5. The zero-order valence-corrected chi connectivity index (χ0v) is 34.8. The number of sulfonamides is 1. The number of carbonyl (C=O) groups excluding carboxylic acids is 4. The molecule has 3 aliphatic rings. The normalized spacial score (nSPS) is 22.9. The number of amides is 3. The second-order valence-corrected chi connectivity index (χ2v) is 19.4. The van der Waals surface area contributed by atoms with Crippen molar-refractivity contribution in [3.63, 3.8) is 0 Å². The third-order valence-electron chi connectivity index (χ3n) is 10.4. The number of hydrogen-bond donors (Lipinski definition) is 3. The number of methoxy groups -OCH3 is 1. The minimum atomic E-state index is -3.94. The van der Waals surface area contributed by atoms with Gasteiger partial charge in [0.15, 0.2) is 0 Å². The van der Waals surface area contributed by atoms with Crippen molar-refractivity contribution in [2.24, 2.45) is 11.3 Å². The van der Waals surface area contributed by atoms with Crippen LogP contribution in [-0.4, -0.2) is 90.2 Å². The Balaban J connectivity index is 1.29. The molecular formula is C41H50ClN5O9S. The Hall–Kier alpha value is -4.73. The van der Waals surface area contributed by atoms with Crippen molar-refractivity contribution in [2.45, 2.75) is 102 Å². The monoisotopic (exact) mass is 823 g/mol. The van der Waals surface area contributed by atoms with E-state index in [2.05, 4.69) is 26.9 Å². The summed E-state index contributed by atoms with van der Waals surface area (Å²) in [5, 5.41) is 6.80. The Morgan fingerprint density at radius 2 is 1.77 bits per heavy atom. The molecule has 306 valence electrons. The number of imide groups is 1. The molecule has 5 atom stereocenters. The molecule has 1 saturated heterocycles. The Labute approximate surface area is 338 Å². The van der Waals surface area contributed by atoms with Crippen LogP contribution in [0.15, 0.2) is 61.3 Å². The molecule has 0 spiro atoms. The first kappa shape index (κ1) is 41.9. The SMILES string of the molecule is C=C[C@@H]1C[C@@]1(C(=O)NS(=O)(=O)C1CC1)N1C[C@H](Oc2ncc(OC)c3ccc(Cl)cc23)C[C@H]1C(=O)NC(=O)[C@@H](Nc1cccc(C(=O)OC(C)(C)C)c1)C(C)(C)C. The fraction of sp³-hybridized carbons (Fsp3) is 0.488. The summed E-state index contributed by atoms with van der Waals surface area (Å²) in [5.74, 6) is -2.42. The fourth-order valence-corrected chi connectivity index (χ4v) is 8.83. The first-order valence-electron chi connectivity index (χ1n) is 18.9. The van der Waals surface area contributed by atoms with E-state index in [1.807, 2.05) is 20.8 Å². The van der Waals surface area contributed by atoms with Crippen LogP contribution in [0.4, 0.5) is 5.69 Å². The number of nitrogens with zero attached hydrogens (tertiary/aromatic N) is 2. The molecule has 1 aliphatic heterocycles. The molecular weight excluding hydrogens is 774 g/mol. The van der Waals surface area contributed by atoms with Gasteiger partial charge in [-0.15, -0.1) is 6.58 Å². The van der Waals surface area contributed by atoms with Gasteiger partial charge in [0.25, 0.3) is 5.91 Å². The van der Waals surface area contributed by atoms with Gasteiger partial charge < -0.3 is 19.5 Å². The van der Waals surface area contributed by atoms with Crippen molar-refractivity contribution in [1.82, 2.24) is 19.9 Å². The zero-order valence-electron chi connectivity index (χ0n) is 33.2. The lowest BCUT2D eigenvalue weighted by Gasteiger charge is -2.34. The molecule has 0 bridgehead atoms. The summed E-state index contributed by atoms with van der Waals surface area (Å²) in [5.41, 5.74) is -2.17. The molecule has 6 rings (SSSR count). The molecule has 2 aromatic carbocycles. The number of ether oxygens (including phenoxy) is 3. The van der Waals surface area contributed by atoms with Gasteiger partial charge in [0, 0.05) is 40.4 Å². The zero-order chi connectivity index (χ0) is 41.7. The van der Waals surface area contributed by atoms with Crippen LogP contribution in [0.5, 0.6) is 11.6 Å². The number of hydrogen-bond acceptors (Lipinski definition) is 12. The quantitative estimate of drug-likeness (QED) is 0.148. The number of halogens is 1. The van der Waals surface area contributed by atoms with Crippen LogP contribution in [0, 0.1) is 11.3 Å². The van der Waals surface area contributed by atoms with E-state index in [1.165, 1.54) is 13.3 Å². The standard InChI is InChI=1S/C41H50ClN5O9S/c1-9-24-20-41(24,38(51)46-57(52,53)28-14-15-28)47-22-27(55-36-30-18-25(42)13-16-29(30)32(54-8)21-43-36)19-31(47)34(48)45-35(49)33(39(2,3)4)44-26-12-10-11-23(17-26)37(50)56-40(5,6)7/h9-13,16-18,21,24,27-28,31,33,44H,1,14-15,19-20,22H2,2-8H3,(H,46,51)(H,45,48,49)/t24-,27-,31+,33-,41-/m1/s1. The molecule has 3 fully saturated rings. The van der Waals surface area contributed by atoms with Crippen LogP contribution in [0.1, 0.15) is 77.6 Å². The average Bonchev–Trinajstić information content (AvgIpc) is 4.06. The lowest BCUT2D eigenvalue weighted by atomic mass is 9.85. The maximum absolute atomic E-state index is 14.4. The Bertz CT molecular complexity index is 2220. The van der Waals surface area contributed by atoms with E-state index in [0.717, 1.165) is 0 Å². The smallest absolute Gasteiger partial charge is 0.338 e. The van der Waals surface area contributed by atoms with Gasteiger partial charge in [-0.1, -0.05) is 44.5 Å². The second-order valence-electron chi connectivity index (χ2n) is 17.0. The minimum absolute atomic E-state index is 0.0156. The lowest BCUT2D eigenvalue weighted by molar-refractivity contribution is -0.136. The third-order valence-corrected chi connectivity index (χ3v) is 12.4. The topological polar surface area (TPSA) is 182 Å². The van der Waals surface area contributed by atoms with E-state index in [4.69, 9.17) is 25.8 Å². The summed E-state index contributed by atoms with van der Waals surface area (Å²) in [6.45, 7) is 14.7. The fourth-order valence-electron chi connectivity index (χ4n) is 7.30. The van der Waals surface area contributed by atoms with Gasteiger partial charge in [-0.2, -0.15) is 0 Å². The highest BCUT2D eigenvalue weighted by atomic mass is 35.5. The molecule has 3 N–H and O–H groups in total. The van der Waals surface area contributed by atoms with Crippen molar-refractivity contribution in [3.05, 3.63) is 71.9 Å². The maximum Gasteiger partial charge on any atom is 0.338 e. The van der Waals surface area contributed by atoms with E-state index in [-0.39, 0.29) is 30.8 Å². The molecule has 16 heteroatoms. The van der Waals surface area contributed by atoms with Gasteiger partial charge in [-0.05, 0) is 81.8 Å². The summed E-state index contributed by atoms with van der Waals surface area (Å²) in [7, 11) is -2.42. The van der Waals surface area contributed by atoms with Crippen molar-refractivity contribution in [1.29, 1.82) is 0 Å². The number of likely N-dealkylation sites (tertiary alicyclic amines) is 1. The van der Waals surface area contributed by atoms with Crippen LogP contribution in [0.2, 0.25) is 5.02 Å². The van der Waals surface area contributed by atoms with Crippen LogP contribution in [0.25, 0.3) is 10.8 Å². The van der Waals surface area contributed by atoms with Crippen LogP contribution in [0.3, 0.4) is 0 Å². The highest BCUT2D eigenvalue weighted by Crippen LogP contribution is 2.53. The predicted octanol–water partition coefficient (Wildman–Crippen LogP) is 5.40. The first-order valence-corrected chi connectivity index (χ1v) is 20.8. The molecule has 0 unspecified atom stereocenters. The van der Waals surface area contributed by atoms with Crippen molar-refractivity contribution in [2.75, 3.05) is 19.0 Å². The number of nitrogens with one attached hydrogen (secondary N) is 3. The van der Waals surface area contributed by atoms with Gasteiger partial charge in [0.1, 0.15) is 29.0 Å². The second kappa shape index (κ2) is 15.6. The molecule has 3 amide bonds. The van der Waals surface area contributed by atoms with Gasteiger partial charge in [0.2, 0.25) is 27.7 Å². The first-order chi connectivity index (χ1) is 26.7. The van der Waals surface area contributed by atoms with E-state index in [0.29, 0.717) is 40.1 Å².